The number of hydrogen-bond acceptors (Lipinski definition) is 5. The van der Waals surface area contributed by atoms with E-state index in [1.54, 1.807) is 13.3 Å². The van der Waals surface area contributed by atoms with Crippen molar-refractivity contribution in [2.45, 2.75) is 6.92 Å². The molecule has 1 aliphatic rings. The maximum atomic E-state index is 6.08. The molecule has 29 heavy (non-hydrogen) atoms. The molecule has 3 aromatic rings. The summed E-state index contributed by atoms with van der Waals surface area (Å²) in [6.45, 7) is 4.22. The van der Waals surface area contributed by atoms with Crippen LogP contribution in [-0.4, -0.2) is 36.7 Å². The van der Waals surface area contributed by atoms with E-state index >= 15 is 0 Å². The summed E-state index contributed by atoms with van der Waals surface area (Å²) in [5, 5.41) is 0.984. The first-order chi connectivity index (χ1) is 14.1. The van der Waals surface area contributed by atoms with Crippen molar-refractivity contribution in [3.63, 3.8) is 0 Å². The average Bonchev–Trinajstić information content (AvgIpc) is 2.75. The summed E-state index contributed by atoms with van der Waals surface area (Å²) in [4.78, 5) is 6.65. The van der Waals surface area contributed by atoms with Crippen LogP contribution >= 0.6 is 0 Å². The SMILES string of the molecule is COc1ccc2c(OCCN3C=CC=C(c4ccc(C)c(N)c4)C3)ccnc2c1. The minimum absolute atomic E-state index is 0.582. The van der Waals surface area contributed by atoms with Gasteiger partial charge in [-0.05, 0) is 60.2 Å². The number of aromatic nitrogens is 1. The van der Waals surface area contributed by atoms with Gasteiger partial charge in [0.1, 0.15) is 18.1 Å². The Morgan fingerprint density at radius 2 is 2.03 bits per heavy atom. The van der Waals surface area contributed by atoms with E-state index < -0.39 is 0 Å². The Hall–Kier alpha value is -3.47. The lowest BCUT2D eigenvalue weighted by molar-refractivity contribution is 0.267. The van der Waals surface area contributed by atoms with Crippen molar-refractivity contribution >= 4 is 22.2 Å². The third-order valence-electron chi connectivity index (χ3n) is 5.16. The van der Waals surface area contributed by atoms with E-state index in [0.717, 1.165) is 52.3 Å². The number of nitrogen functional groups attached to an aromatic ring is 1. The van der Waals surface area contributed by atoms with Crippen LogP contribution in [0.1, 0.15) is 11.1 Å². The highest BCUT2D eigenvalue weighted by Crippen LogP contribution is 2.27. The number of hydrogen-bond donors (Lipinski definition) is 1. The lowest BCUT2D eigenvalue weighted by Gasteiger charge is -2.25. The highest BCUT2D eigenvalue weighted by Gasteiger charge is 2.11. The van der Waals surface area contributed by atoms with Crippen molar-refractivity contribution in [2.75, 3.05) is 32.5 Å². The number of benzene rings is 2. The van der Waals surface area contributed by atoms with Gasteiger partial charge >= 0.3 is 0 Å². The first-order valence-corrected chi connectivity index (χ1v) is 9.67. The zero-order valence-corrected chi connectivity index (χ0v) is 16.8. The number of nitrogens with zero attached hydrogens (tertiary/aromatic N) is 2. The molecule has 0 amide bonds. The standard InChI is InChI=1S/C24H25N3O2/c1-17-5-6-18(14-22(17)25)19-4-3-11-27(16-19)12-13-29-24-9-10-26-23-15-20(28-2)7-8-21(23)24/h3-11,14-15H,12-13,16,25H2,1-2H3. The number of anilines is 1. The Morgan fingerprint density at radius 1 is 1.14 bits per heavy atom. The third kappa shape index (κ3) is 4.19. The maximum Gasteiger partial charge on any atom is 0.130 e. The van der Waals surface area contributed by atoms with Crippen molar-refractivity contribution in [3.05, 3.63) is 78.1 Å². The lowest BCUT2D eigenvalue weighted by Crippen LogP contribution is -2.26. The van der Waals surface area contributed by atoms with Gasteiger partial charge in [0.05, 0.1) is 19.2 Å². The van der Waals surface area contributed by atoms with Crippen molar-refractivity contribution in [1.29, 1.82) is 0 Å². The second kappa shape index (κ2) is 8.27. The summed E-state index contributed by atoms with van der Waals surface area (Å²) in [6, 6.07) is 14.0. The van der Waals surface area contributed by atoms with Gasteiger partial charge in [0.2, 0.25) is 0 Å². The van der Waals surface area contributed by atoms with E-state index in [1.165, 1.54) is 5.57 Å². The quantitative estimate of drug-likeness (QED) is 0.634. The second-order valence-electron chi connectivity index (χ2n) is 7.12. The van der Waals surface area contributed by atoms with Crippen molar-refractivity contribution in [3.8, 4) is 11.5 Å². The predicted molar refractivity (Wildman–Crippen MR) is 118 cm³/mol. The van der Waals surface area contributed by atoms with Gasteiger partial charge in [-0.2, -0.15) is 0 Å². The molecule has 0 spiro atoms. The molecule has 5 nitrogen and oxygen atoms in total. The first kappa shape index (κ1) is 18.9. The van der Waals surface area contributed by atoms with Crippen LogP contribution in [0.2, 0.25) is 0 Å². The molecule has 4 rings (SSSR count). The van der Waals surface area contributed by atoms with Crippen LogP contribution in [0, 0.1) is 6.92 Å². The second-order valence-corrected chi connectivity index (χ2v) is 7.12. The van der Waals surface area contributed by atoms with E-state index in [4.69, 9.17) is 15.2 Å². The molecule has 0 aliphatic carbocycles. The number of nitrogens with two attached hydrogens (primary N) is 1. The van der Waals surface area contributed by atoms with Crippen molar-refractivity contribution in [1.82, 2.24) is 9.88 Å². The molecule has 0 unspecified atom stereocenters. The molecule has 2 N–H and O–H groups in total. The molecule has 0 saturated carbocycles. The smallest absolute Gasteiger partial charge is 0.130 e. The van der Waals surface area contributed by atoms with Crippen LogP contribution in [0.3, 0.4) is 0 Å². The fraction of sp³-hybridized carbons (Fsp3) is 0.208. The molecule has 1 aromatic heterocycles. The number of fused-ring (bicyclic) bond motifs is 1. The van der Waals surface area contributed by atoms with E-state index in [0.29, 0.717) is 6.61 Å². The number of ether oxygens (including phenoxy) is 2. The number of aryl methyl sites for hydroxylation is 1. The molecule has 0 bridgehead atoms. The van der Waals surface area contributed by atoms with Crippen LogP contribution in [0.25, 0.3) is 16.5 Å². The van der Waals surface area contributed by atoms with Crippen molar-refractivity contribution in [2.24, 2.45) is 0 Å². The highest BCUT2D eigenvalue weighted by molar-refractivity contribution is 5.86. The number of methoxy groups -OCH3 is 1. The Balaban J connectivity index is 1.39. The highest BCUT2D eigenvalue weighted by atomic mass is 16.5. The van der Waals surface area contributed by atoms with E-state index in [2.05, 4.69) is 40.4 Å². The molecule has 0 radical (unpaired) electrons. The molecular weight excluding hydrogens is 362 g/mol. The van der Waals surface area contributed by atoms with Gasteiger partial charge in [0.15, 0.2) is 0 Å². The molecule has 148 valence electrons. The number of allylic oxidation sites excluding steroid dienone is 2. The van der Waals surface area contributed by atoms with Crippen LogP contribution in [0.5, 0.6) is 11.5 Å². The molecule has 2 heterocycles. The minimum Gasteiger partial charge on any atom is -0.497 e. The normalized spacial score (nSPS) is 13.4. The topological polar surface area (TPSA) is 60.6 Å². The molecule has 1 aliphatic heterocycles. The van der Waals surface area contributed by atoms with Gasteiger partial charge in [-0.3, -0.25) is 4.98 Å². The monoisotopic (exact) mass is 387 g/mol. The Kier molecular flexibility index (Phi) is 5.38. The third-order valence-corrected chi connectivity index (χ3v) is 5.16. The Labute approximate surface area is 171 Å². The summed E-state index contributed by atoms with van der Waals surface area (Å²) in [5.74, 6) is 1.62. The van der Waals surface area contributed by atoms with Crippen LogP contribution in [0.15, 0.2) is 67.0 Å². The van der Waals surface area contributed by atoms with E-state index in [1.807, 2.05) is 37.3 Å². The van der Waals surface area contributed by atoms with Gasteiger partial charge in [0, 0.05) is 29.9 Å². The fourth-order valence-electron chi connectivity index (χ4n) is 3.41. The zero-order chi connectivity index (χ0) is 20.2. The average molecular weight is 387 g/mol. The molecule has 0 saturated heterocycles. The largest absolute Gasteiger partial charge is 0.497 e. The van der Waals surface area contributed by atoms with Gasteiger partial charge in [-0.25, -0.2) is 0 Å². The summed E-state index contributed by atoms with van der Waals surface area (Å²) < 4.78 is 11.4. The molecule has 2 aromatic carbocycles. The summed E-state index contributed by atoms with van der Waals surface area (Å²) in [6.07, 6.45) is 8.08. The van der Waals surface area contributed by atoms with Crippen LogP contribution < -0.4 is 15.2 Å². The van der Waals surface area contributed by atoms with Crippen molar-refractivity contribution < 1.29 is 9.47 Å². The molecular formula is C24H25N3O2. The van der Waals surface area contributed by atoms with E-state index in [-0.39, 0.29) is 0 Å². The summed E-state index contributed by atoms with van der Waals surface area (Å²) in [5.41, 5.74) is 11.3. The first-order valence-electron chi connectivity index (χ1n) is 9.67. The van der Waals surface area contributed by atoms with Gasteiger partial charge in [-0.1, -0.05) is 18.2 Å². The minimum atomic E-state index is 0.582. The fourth-order valence-corrected chi connectivity index (χ4v) is 3.41. The van der Waals surface area contributed by atoms with Crippen LogP contribution in [-0.2, 0) is 0 Å². The Bertz CT molecular complexity index is 1090. The predicted octanol–water partition coefficient (Wildman–Crippen LogP) is 4.43. The van der Waals surface area contributed by atoms with Gasteiger partial charge in [-0.15, -0.1) is 0 Å². The zero-order valence-electron chi connectivity index (χ0n) is 16.8. The molecule has 5 heteroatoms. The number of pyridine rings is 1. The van der Waals surface area contributed by atoms with Gasteiger partial charge < -0.3 is 20.1 Å². The lowest BCUT2D eigenvalue weighted by atomic mass is 10.0. The molecule has 0 fully saturated rings. The molecule has 0 atom stereocenters. The maximum absolute atomic E-state index is 6.08. The van der Waals surface area contributed by atoms with E-state index in [9.17, 15) is 0 Å². The van der Waals surface area contributed by atoms with Crippen LogP contribution in [0.4, 0.5) is 5.69 Å². The van der Waals surface area contributed by atoms with Gasteiger partial charge in [0.25, 0.3) is 0 Å². The number of rotatable bonds is 6. The Morgan fingerprint density at radius 3 is 2.86 bits per heavy atom. The summed E-state index contributed by atoms with van der Waals surface area (Å²) in [7, 11) is 1.65. The summed E-state index contributed by atoms with van der Waals surface area (Å²) >= 11 is 0.